The third-order valence-corrected chi connectivity index (χ3v) is 5.45. The van der Waals surface area contributed by atoms with Crippen LogP contribution in [0.5, 0.6) is 5.75 Å². The van der Waals surface area contributed by atoms with Crippen LogP contribution in [0.2, 0.25) is 0 Å². The lowest BCUT2D eigenvalue weighted by Gasteiger charge is -2.11. The summed E-state index contributed by atoms with van der Waals surface area (Å²) in [5.74, 6) is -0.966. The molecule has 0 radical (unpaired) electrons. The second kappa shape index (κ2) is 10.2. The highest BCUT2D eigenvalue weighted by Gasteiger charge is 2.21. The Morgan fingerprint density at radius 2 is 1.69 bits per heavy atom. The lowest BCUT2D eigenvalue weighted by Crippen LogP contribution is -2.22. The van der Waals surface area contributed by atoms with Gasteiger partial charge in [-0.05, 0) is 61.4 Å². The maximum absolute atomic E-state index is 13.4. The maximum Gasteiger partial charge on any atom is 0.342 e. The number of halogens is 1. The van der Waals surface area contributed by atoms with Gasteiger partial charge in [0.2, 0.25) is 0 Å². The van der Waals surface area contributed by atoms with E-state index in [1.807, 2.05) is 32.0 Å². The molecule has 0 atom stereocenters. The molecule has 0 saturated heterocycles. The molecule has 0 aliphatic heterocycles. The highest BCUT2D eigenvalue weighted by atomic mass is 19.1. The molecule has 7 nitrogen and oxygen atoms in total. The number of amides is 1. The van der Waals surface area contributed by atoms with Gasteiger partial charge in [-0.3, -0.25) is 4.79 Å². The number of carbonyl (C=O) groups is 2. The number of methoxy groups -OCH3 is 1. The van der Waals surface area contributed by atoms with Crippen molar-refractivity contribution in [2.24, 2.45) is 0 Å². The molecule has 0 fully saturated rings. The Labute approximate surface area is 202 Å². The largest absolute Gasteiger partial charge is 0.497 e. The van der Waals surface area contributed by atoms with Crippen molar-refractivity contribution in [1.29, 1.82) is 0 Å². The van der Waals surface area contributed by atoms with Crippen LogP contribution in [0.3, 0.4) is 0 Å². The van der Waals surface area contributed by atoms with E-state index in [0.29, 0.717) is 28.4 Å². The summed E-state index contributed by atoms with van der Waals surface area (Å²) in [7, 11) is 1.54. The van der Waals surface area contributed by atoms with Gasteiger partial charge in [-0.2, -0.15) is 5.10 Å². The summed E-state index contributed by atoms with van der Waals surface area (Å²) >= 11 is 0. The molecular formula is C27H24FN3O4. The number of rotatable bonds is 7. The number of hydrogen-bond acceptors (Lipinski definition) is 5. The zero-order valence-corrected chi connectivity index (χ0v) is 19.5. The van der Waals surface area contributed by atoms with Crippen molar-refractivity contribution < 1.29 is 23.5 Å². The molecule has 1 heterocycles. The minimum atomic E-state index is -0.715. The van der Waals surface area contributed by atoms with E-state index in [1.165, 1.54) is 23.0 Å². The molecule has 0 aliphatic rings. The maximum atomic E-state index is 13.4. The first-order chi connectivity index (χ1) is 16.9. The van der Waals surface area contributed by atoms with Crippen LogP contribution in [-0.4, -0.2) is 35.4 Å². The van der Waals surface area contributed by atoms with Crippen LogP contribution in [0.25, 0.3) is 16.9 Å². The van der Waals surface area contributed by atoms with Crippen LogP contribution >= 0.6 is 0 Å². The Balaban J connectivity index is 1.59. The summed E-state index contributed by atoms with van der Waals surface area (Å²) in [6.07, 6.45) is 1.49. The molecule has 0 bridgehead atoms. The highest BCUT2D eigenvalue weighted by molar-refractivity contribution is 5.99. The third-order valence-electron chi connectivity index (χ3n) is 5.45. The zero-order chi connectivity index (χ0) is 24.9. The second-order valence-electron chi connectivity index (χ2n) is 7.94. The average Bonchev–Trinajstić information content (AvgIpc) is 3.31. The van der Waals surface area contributed by atoms with Crippen molar-refractivity contribution >= 4 is 17.6 Å². The van der Waals surface area contributed by atoms with Crippen molar-refractivity contribution in [3.63, 3.8) is 0 Å². The van der Waals surface area contributed by atoms with E-state index in [1.54, 1.807) is 43.5 Å². The minimum Gasteiger partial charge on any atom is -0.497 e. The summed E-state index contributed by atoms with van der Waals surface area (Å²) in [4.78, 5) is 25.5. The van der Waals surface area contributed by atoms with E-state index in [9.17, 15) is 14.0 Å². The summed E-state index contributed by atoms with van der Waals surface area (Å²) in [6, 6.07) is 18.4. The average molecular weight is 474 g/mol. The molecule has 0 spiro atoms. The molecule has 1 N–H and O–H groups in total. The fourth-order valence-corrected chi connectivity index (χ4v) is 3.63. The Morgan fingerprint density at radius 3 is 2.37 bits per heavy atom. The van der Waals surface area contributed by atoms with Gasteiger partial charge in [-0.25, -0.2) is 13.9 Å². The first-order valence-electron chi connectivity index (χ1n) is 10.9. The third kappa shape index (κ3) is 5.38. The first kappa shape index (κ1) is 23.7. The van der Waals surface area contributed by atoms with Gasteiger partial charge < -0.3 is 14.8 Å². The fourth-order valence-electron chi connectivity index (χ4n) is 3.63. The first-order valence-corrected chi connectivity index (χ1v) is 10.9. The summed E-state index contributed by atoms with van der Waals surface area (Å²) in [5.41, 5.74) is 4.18. The molecular weight excluding hydrogens is 449 g/mol. The lowest BCUT2D eigenvalue weighted by atomic mass is 10.1. The number of carbonyl (C=O) groups excluding carboxylic acids is 2. The van der Waals surface area contributed by atoms with Crippen LogP contribution in [0.1, 0.15) is 21.5 Å². The SMILES string of the molecule is COc1cccc(-c2nn(-c3ccc(F)cc3)cc2C(=O)OCC(=O)Nc2c(C)cccc2C)c1. The van der Waals surface area contributed by atoms with Gasteiger partial charge in [-0.15, -0.1) is 0 Å². The number of nitrogens with zero attached hydrogens (tertiary/aromatic N) is 2. The van der Waals surface area contributed by atoms with Gasteiger partial charge in [-0.1, -0.05) is 30.3 Å². The number of para-hydroxylation sites is 1. The zero-order valence-electron chi connectivity index (χ0n) is 19.5. The number of aryl methyl sites for hydroxylation is 2. The monoisotopic (exact) mass is 473 g/mol. The van der Waals surface area contributed by atoms with E-state index in [-0.39, 0.29) is 11.4 Å². The predicted molar refractivity (Wildman–Crippen MR) is 130 cm³/mol. The quantitative estimate of drug-likeness (QED) is 0.378. The Hall–Kier alpha value is -4.46. The Morgan fingerprint density at radius 1 is 1.00 bits per heavy atom. The van der Waals surface area contributed by atoms with Crippen molar-refractivity contribution in [3.8, 4) is 22.7 Å². The van der Waals surface area contributed by atoms with E-state index >= 15 is 0 Å². The van der Waals surface area contributed by atoms with Gasteiger partial charge in [0.1, 0.15) is 22.8 Å². The van der Waals surface area contributed by atoms with Gasteiger partial charge in [0.05, 0.1) is 12.8 Å². The molecule has 0 unspecified atom stereocenters. The van der Waals surface area contributed by atoms with Crippen molar-refractivity contribution in [3.05, 3.63) is 95.4 Å². The topological polar surface area (TPSA) is 82.5 Å². The molecule has 8 heteroatoms. The highest BCUT2D eigenvalue weighted by Crippen LogP contribution is 2.27. The van der Waals surface area contributed by atoms with Gasteiger partial charge in [0.15, 0.2) is 6.61 Å². The smallest absolute Gasteiger partial charge is 0.342 e. The van der Waals surface area contributed by atoms with E-state index in [2.05, 4.69) is 10.4 Å². The Bertz CT molecular complexity index is 1360. The number of benzene rings is 3. The summed E-state index contributed by atoms with van der Waals surface area (Å²) < 4.78 is 25.5. The number of aromatic nitrogens is 2. The van der Waals surface area contributed by atoms with Gasteiger partial charge >= 0.3 is 5.97 Å². The van der Waals surface area contributed by atoms with Crippen LogP contribution in [0.15, 0.2) is 72.9 Å². The van der Waals surface area contributed by atoms with Crippen LogP contribution < -0.4 is 10.1 Å². The second-order valence-corrected chi connectivity index (χ2v) is 7.94. The number of anilines is 1. The normalized spacial score (nSPS) is 10.6. The van der Waals surface area contributed by atoms with E-state index < -0.39 is 18.5 Å². The summed E-state index contributed by atoms with van der Waals surface area (Å²) in [5, 5.41) is 7.33. The molecule has 1 amide bonds. The predicted octanol–water partition coefficient (Wildman–Crippen LogP) is 5.10. The molecule has 35 heavy (non-hydrogen) atoms. The van der Waals surface area contributed by atoms with Crippen molar-refractivity contribution in [2.45, 2.75) is 13.8 Å². The van der Waals surface area contributed by atoms with Crippen LogP contribution in [0.4, 0.5) is 10.1 Å². The fraction of sp³-hybridized carbons (Fsp3) is 0.148. The molecule has 4 rings (SSSR count). The lowest BCUT2D eigenvalue weighted by molar-refractivity contribution is -0.119. The molecule has 3 aromatic carbocycles. The van der Waals surface area contributed by atoms with E-state index in [4.69, 9.17) is 9.47 Å². The van der Waals surface area contributed by atoms with Gasteiger partial charge in [0.25, 0.3) is 5.91 Å². The molecule has 0 saturated carbocycles. The number of ether oxygens (including phenoxy) is 2. The van der Waals surface area contributed by atoms with Crippen LogP contribution in [0, 0.1) is 19.7 Å². The van der Waals surface area contributed by atoms with Crippen LogP contribution in [-0.2, 0) is 9.53 Å². The standard InChI is InChI=1S/C27H24FN3O4/c1-17-6-4-7-18(2)25(17)29-24(32)16-35-27(33)23-15-31(21-12-10-20(28)11-13-21)30-26(23)19-8-5-9-22(14-19)34-3/h4-15H,16H2,1-3H3,(H,29,32). The molecule has 4 aromatic rings. The van der Waals surface area contributed by atoms with Crippen molar-refractivity contribution in [1.82, 2.24) is 9.78 Å². The molecule has 0 aliphatic carbocycles. The van der Waals surface area contributed by atoms with Gasteiger partial charge in [0, 0.05) is 17.4 Å². The Kier molecular flexibility index (Phi) is 6.91. The van der Waals surface area contributed by atoms with Crippen molar-refractivity contribution in [2.75, 3.05) is 19.0 Å². The number of nitrogens with one attached hydrogen (secondary N) is 1. The summed E-state index contributed by atoms with van der Waals surface area (Å²) in [6.45, 7) is 3.31. The molecule has 178 valence electrons. The van der Waals surface area contributed by atoms with E-state index in [0.717, 1.165) is 11.1 Å². The minimum absolute atomic E-state index is 0.155. The number of esters is 1. The number of hydrogen-bond donors (Lipinski definition) is 1. The molecule has 1 aromatic heterocycles.